The third-order valence-electron chi connectivity index (χ3n) is 3.93. The molecule has 0 aromatic rings. The number of hydrogen-bond donors (Lipinski definition) is 1. The molecule has 102 valence electrons. The molecule has 2 saturated heterocycles. The molecule has 6 heteroatoms. The zero-order valence-electron chi connectivity index (χ0n) is 10.7. The van der Waals surface area contributed by atoms with Crippen LogP contribution in [0.1, 0.15) is 25.7 Å². The number of rotatable bonds is 3. The second-order valence-electron chi connectivity index (χ2n) is 4.89. The standard InChI is InChI=1S/C12H20N2OS3/c1-17-12(11(13)16)4-6-14(7-5-12)10(15)9-3-2-8-18-9/h9H,2-8H2,1H3,(H2,13,16). The maximum absolute atomic E-state index is 12.3. The first-order valence-electron chi connectivity index (χ1n) is 6.34. The number of hydrogen-bond acceptors (Lipinski definition) is 4. The summed E-state index contributed by atoms with van der Waals surface area (Å²) in [6, 6.07) is 0. The first-order chi connectivity index (χ1) is 8.59. The van der Waals surface area contributed by atoms with Crippen molar-refractivity contribution in [2.24, 2.45) is 5.73 Å². The van der Waals surface area contributed by atoms with Crippen LogP contribution in [0.3, 0.4) is 0 Å². The number of carbonyl (C=O) groups is 1. The molecule has 0 spiro atoms. The molecule has 2 N–H and O–H groups in total. The highest BCUT2D eigenvalue weighted by atomic mass is 32.2. The Bertz CT molecular complexity index is 334. The van der Waals surface area contributed by atoms with Gasteiger partial charge in [-0.05, 0) is 37.7 Å². The van der Waals surface area contributed by atoms with Crippen LogP contribution in [0.25, 0.3) is 0 Å². The Morgan fingerprint density at radius 2 is 2.17 bits per heavy atom. The number of amides is 1. The van der Waals surface area contributed by atoms with Crippen molar-refractivity contribution in [2.45, 2.75) is 35.7 Å². The van der Waals surface area contributed by atoms with Crippen molar-refractivity contribution in [1.29, 1.82) is 0 Å². The third kappa shape index (κ3) is 2.80. The van der Waals surface area contributed by atoms with Crippen LogP contribution in [-0.2, 0) is 4.79 Å². The van der Waals surface area contributed by atoms with Gasteiger partial charge in [0.1, 0.15) is 0 Å². The number of nitrogens with zero attached hydrogens (tertiary/aromatic N) is 1. The van der Waals surface area contributed by atoms with Crippen LogP contribution >= 0.6 is 35.7 Å². The zero-order chi connectivity index (χ0) is 13.2. The lowest BCUT2D eigenvalue weighted by molar-refractivity contribution is -0.131. The first kappa shape index (κ1) is 14.5. The quantitative estimate of drug-likeness (QED) is 0.807. The van der Waals surface area contributed by atoms with Gasteiger partial charge in [-0.1, -0.05) is 12.2 Å². The van der Waals surface area contributed by atoms with E-state index in [2.05, 4.69) is 6.26 Å². The van der Waals surface area contributed by atoms with Crippen molar-refractivity contribution in [3.8, 4) is 0 Å². The predicted octanol–water partition coefficient (Wildman–Crippen LogP) is 1.89. The minimum absolute atomic E-state index is 0.0884. The molecule has 2 heterocycles. The topological polar surface area (TPSA) is 46.3 Å². The van der Waals surface area contributed by atoms with Crippen LogP contribution in [0.4, 0.5) is 0 Å². The van der Waals surface area contributed by atoms with Crippen molar-refractivity contribution in [3.05, 3.63) is 0 Å². The SMILES string of the molecule is CSC1(C(N)=S)CCN(C(=O)C2CCCS2)CC1. The monoisotopic (exact) mass is 304 g/mol. The number of piperidine rings is 1. The first-order valence-corrected chi connectivity index (χ1v) is 9.03. The Labute approximate surface area is 123 Å². The van der Waals surface area contributed by atoms with E-state index < -0.39 is 0 Å². The maximum Gasteiger partial charge on any atom is 0.235 e. The highest BCUT2D eigenvalue weighted by molar-refractivity contribution is 8.02. The summed E-state index contributed by atoms with van der Waals surface area (Å²) in [5.41, 5.74) is 5.86. The Kier molecular flexibility index (Phi) is 4.83. The van der Waals surface area contributed by atoms with E-state index in [1.54, 1.807) is 11.8 Å². The van der Waals surface area contributed by atoms with E-state index in [9.17, 15) is 4.79 Å². The molecule has 2 fully saturated rings. The van der Waals surface area contributed by atoms with Crippen LogP contribution in [0.5, 0.6) is 0 Å². The maximum atomic E-state index is 12.3. The van der Waals surface area contributed by atoms with E-state index in [0.717, 1.165) is 38.1 Å². The van der Waals surface area contributed by atoms with Crippen LogP contribution in [-0.4, -0.2) is 50.9 Å². The van der Waals surface area contributed by atoms with Crippen LogP contribution in [0.2, 0.25) is 0 Å². The molecule has 0 radical (unpaired) electrons. The summed E-state index contributed by atoms with van der Waals surface area (Å²) >= 11 is 8.73. The summed E-state index contributed by atoms with van der Waals surface area (Å²) in [6.45, 7) is 1.60. The average molecular weight is 305 g/mol. The molecule has 18 heavy (non-hydrogen) atoms. The lowest BCUT2D eigenvalue weighted by Gasteiger charge is -2.40. The third-order valence-corrected chi connectivity index (χ3v) is 7.22. The van der Waals surface area contributed by atoms with Crippen LogP contribution in [0, 0.1) is 0 Å². The molecule has 3 nitrogen and oxygen atoms in total. The van der Waals surface area contributed by atoms with Gasteiger partial charge in [0.15, 0.2) is 0 Å². The molecular weight excluding hydrogens is 284 g/mol. The Balaban J connectivity index is 1.93. The van der Waals surface area contributed by atoms with E-state index in [1.165, 1.54) is 6.42 Å². The molecule has 0 aromatic heterocycles. The van der Waals surface area contributed by atoms with Gasteiger partial charge in [-0.2, -0.15) is 11.8 Å². The van der Waals surface area contributed by atoms with Gasteiger partial charge < -0.3 is 10.6 Å². The fourth-order valence-corrected chi connectivity index (χ4v) is 5.10. The summed E-state index contributed by atoms with van der Waals surface area (Å²) in [4.78, 5) is 14.9. The molecule has 2 aliphatic heterocycles. The molecule has 1 atom stereocenters. The number of thioether (sulfide) groups is 2. The van der Waals surface area contributed by atoms with E-state index in [1.807, 2.05) is 16.7 Å². The van der Waals surface area contributed by atoms with Gasteiger partial charge >= 0.3 is 0 Å². The molecule has 0 aromatic carbocycles. The molecule has 0 saturated carbocycles. The van der Waals surface area contributed by atoms with Crippen molar-refractivity contribution < 1.29 is 4.79 Å². The highest BCUT2D eigenvalue weighted by Gasteiger charge is 2.39. The molecule has 2 rings (SSSR count). The van der Waals surface area contributed by atoms with E-state index in [4.69, 9.17) is 18.0 Å². The number of likely N-dealkylation sites (tertiary alicyclic amines) is 1. The smallest absolute Gasteiger partial charge is 0.235 e. The second-order valence-corrected chi connectivity index (χ2v) is 7.83. The van der Waals surface area contributed by atoms with E-state index in [0.29, 0.717) is 10.9 Å². The lowest BCUT2D eigenvalue weighted by atomic mass is 9.95. The van der Waals surface area contributed by atoms with Crippen molar-refractivity contribution >= 4 is 46.6 Å². The van der Waals surface area contributed by atoms with Crippen LogP contribution in [0.15, 0.2) is 0 Å². The van der Waals surface area contributed by atoms with Gasteiger partial charge in [0, 0.05) is 13.1 Å². The Morgan fingerprint density at radius 1 is 1.50 bits per heavy atom. The van der Waals surface area contributed by atoms with Gasteiger partial charge in [0.2, 0.25) is 5.91 Å². The van der Waals surface area contributed by atoms with E-state index in [-0.39, 0.29) is 10.00 Å². The minimum Gasteiger partial charge on any atom is -0.392 e. The van der Waals surface area contributed by atoms with Gasteiger partial charge in [0.05, 0.1) is 15.0 Å². The predicted molar refractivity (Wildman–Crippen MR) is 84.3 cm³/mol. The van der Waals surface area contributed by atoms with Crippen molar-refractivity contribution in [2.75, 3.05) is 25.1 Å². The molecule has 2 aliphatic rings. The second kappa shape index (κ2) is 6.01. The van der Waals surface area contributed by atoms with Gasteiger partial charge in [-0.25, -0.2) is 0 Å². The largest absolute Gasteiger partial charge is 0.392 e. The summed E-state index contributed by atoms with van der Waals surface area (Å²) < 4.78 is -0.0884. The molecule has 0 bridgehead atoms. The highest BCUT2D eigenvalue weighted by Crippen LogP contribution is 2.36. The number of nitrogens with two attached hydrogens (primary N) is 1. The summed E-state index contributed by atoms with van der Waals surface area (Å²) in [7, 11) is 0. The molecule has 1 unspecified atom stereocenters. The Morgan fingerprint density at radius 3 is 2.61 bits per heavy atom. The van der Waals surface area contributed by atoms with Crippen molar-refractivity contribution in [1.82, 2.24) is 4.90 Å². The summed E-state index contributed by atoms with van der Waals surface area (Å²) in [6.07, 6.45) is 6.07. The molecule has 1 amide bonds. The minimum atomic E-state index is -0.0884. The summed E-state index contributed by atoms with van der Waals surface area (Å²) in [5, 5.41) is 0.205. The van der Waals surface area contributed by atoms with Gasteiger partial charge in [-0.3, -0.25) is 4.79 Å². The van der Waals surface area contributed by atoms with Gasteiger partial charge in [0.25, 0.3) is 0 Å². The van der Waals surface area contributed by atoms with E-state index >= 15 is 0 Å². The van der Waals surface area contributed by atoms with Crippen LogP contribution < -0.4 is 5.73 Å². The lowest BCUT2D eigenvalue weighted by Crippen LogP contribution is -2.52. The normalized spacial score (nSPS) is 27.2. The fourth-order valence-electron chi connectivity index (χ4n) is 2.62. The zero-order valence-corrected chi connectivity index (χ0v) is 13.1. The summed E-state index contributed by atoms with van der Waals surface area (Å²) in [5.74, 6) is 1.46. The number of carbonyl (C=O) groups excluding carboxylic acids is 1. The fraction of sp³-hybridized carbons (Fsp3) is 0.833. The Hall–Kier alpha value is 0.0600. The molecular formula is C12H20N2OS3. The number of thiocarbonyl (C=S) groups is 1. The van der Waals surface area contributed by atoms with Gasteiger partial charge in [-0.15, -0.1) is 11.8 Å². The average Bonchev–Trinajstić information content (AvgIpc) is 2.91. The molecule has 0 aliphatic carbocycles. The van der Waals surface area contributed by atoms with Crippen molar-refractivity contribution in [3.63, 3.8) is 0 Å².